The molecule has 0 radical (unpaired) electrons. The molecule has 0 unspecified atom stereocenters. The van der Waals surface area contributed by atoms with Crippen molar-refractivity contribution in [3.63, 3.8) is 0 Å². The fraction of sp³-hybridized carbons (Fsp3) is 0.667. The van der Waals surface area contributed by atoms with Gasteiger partial charge in [-0.05, 0) is 10.9 Å². The molecule has 1 rings (SSSR count). The molecule has 0 nitrogen and oxygen atoms in total. The predicted molar refractivity (Wildman–Crippen MR) is 43.9 cm³/mol. The van der Waals surface area contributed by atoms with Gasteiger partial charge in [-0.3, -0.25) is 0 Å². The summed E-state index contributed by atoms with van der Waals surface area (Å²) in [6, 6.07) is 0. The summed E-state index contributed by atoms with van der Waals surface area (Å²) in [5.41, 5.74) is 0. The Hall–Kier alpha value is 0.437. The van der Waals surface area contributed by atoms with Crippen LogP contribution in [0.1, 0.15) is 6.42 Å². The Bertz CT molecular complexity index is 141. The standard InChI is InChI=1S/C6H11BrSi/c1-8(2,3)6-4-5(6)7/h4H2,1-3H3. The molecule has 8 heavy (non-hydrogen) atoms. The van der Waals surface area contributed by atoms with E-state index in [2.05, 4.69) is 35.6 Å². The molecule has 0 aromatic rings. The molecule has 2 heteroatoms. The van der Waals surface area contributed by atoms with Crippen LogP contribution in [-0.4, -0.2) is 8.07 Å². The van der Waals surface area contributed by atoms with Crippen molar-refractivity contribution in [2.24, 2.45) is 0 Å². The number of hydrogen-bond acceptors (Lipinski definition) is 0. The molecule has 0 saturated carbocycles. The van der Waals surface area contributed by atoms with Gasteiger partial charge in [-0.2, -0.15) is 0 Å². The maximum Gasteiger partial charge on any atom is 0.0739 e. The van der Waals surface area contributed by atoms with Gasteiger partial charge in [0, 0.05) is 0 Å². The molecule has 0 aromatic carbocycles. The third-order valence-electron chi connectivity index (χ3n) is 1.44. The zero-order chi connectivity index (χ0) is 6.36. The van der Waals surface area contributed by atoms with Crippen LogP contribution in [-0.2, 0) is 0 Å². The van der Waals surface area contributed by atoms with Gasteiger partial charge in [0.15, 0.2) is 0 Å². The van der Waals surface area contributed by atoms with Crippen molar-refractivity contribution < 1.29 is 0 Å². The predicted octanol–water partition coefficient (Wildman–Crippen LogP) is 2.92. The zero-order valence-electron chi connectivity index (χ0n) is 5.59. The van der Waals surface area contributed by atoms with Crippen molar-refractivity contribution in [3.05, 3.63) is 9.68 Å². The Morgan fingerprint density at radius 3 is 1.75 bits per heavy atom. The van der Waals surface area contributed by atoms with Crippen molar-refractivity contribution in [2.75, 3.05) is 0 Å². The highest BCUT2D eigenvalue weighted by molar-refractivity contribution is 9.12. The second kappa shape index (κ2) is 1.71. The molecule has 0 atom stereocenters. The van der Waals surface area contributed by atoms with Crippen LogP contribution in [0.3, 0.4) is 0 Å². The van der Waals surface area contributed by atoms with E-state index in [0.717, 1.165) is 0 Å². The van der Waals surface area contributed by atoms with Crippen molar-refractivity contribution in [1.29, 1.82) is 0 Å². The highest BCUT2D eigenvalue weighted by Crippen LogP contribution is 2.42. The highest BCUT2D eigenvalue weighted by atomic mass is 79.9. The number of halogens is 1. The summed E-state index contributed by atoms with van der Waals surface area (Å²) in [5.74, 6) is 0. The summed E-state index contributed by atoms with van der Waals surface area (Å²) < 4.78 is 1.48. The molecule has 0 aliphatic heterocycles. The lowest BCUT2D eigenvalue weighted by atomic mass is 10.9. The normalized spacial score (nSPS) is 19.5. The molecule has 0 bridgehead atoms. The minimum absolute atomic E-state index is 0.854. The third-order valence-corrected chi connectivity index (χ3v) is 4.85. The minimum Gasteiger partial charge on any atom is -0.0661 e. The summed E-state index contributed by atoms with van der Waals surface area (Å²) in [6.07, 6.45) is 1.27. The number of hydrogen-bond donors (Lipinski definition) is 0. The first-order valence-electron chi connectivity index (χ1n) is 2.90. The molecule has 0 fully saturated rings. The average Bonchev–Trinajstić information content (AvgIpc) is 2.13. The topological polar surface area (TPSA) is 0 Å². The second-order valence-electron chi connectivity index (χ2n) is 3.31. The Balaban J connectivity index is 2.63. The van der Waals surface area contributed by atoms with Gasteiger partial charge in [0.2, 0.25) is 0 Å². The lowest BCUT2D eigenvalue weighted by Gasteiger charge is -2.08. The van der Waals surface area contributed by atoms with E-state index in [4.69, 9.17) is 0 Å². The maximum atomic E-state index is 3.50. The summed E-state index contributed by atoms with van der Waals surface area (Å²) in [7, 11) is -0.854. The number of rotatable bonds is 1. The zero-order valence-corrected chi connectivity index (χ0v) is 8.17. The third kappa shape index (κ3) is 1.23. The fourth-order valence-corrected chi connectivity index (χ4v) is 4.63. The molecule has 0 N–H and O–H groups in total. The first-order valence-corrected chi connectivity index (χ1v) is 7.19. The van der Waals surface area contributed by atoms with Gasteiger partial charge < -0.3 is 0 Å². The van der Waals surface area contributed by atoms with Crippen LogP contribution in [0.4, 0.5) is 0 Å². The quantitative estimate of drug-likeness (QED) is 0.559. The van der Waals surface area contributed by atoms with Crippen LogP contribution in [0.2, 0.25) is 19.6 Å². The van der Waals surface area contributed by atoms with Crippen molar-refractivity contribution >= 4 is 24.0 Å². The van der Waals surface area contributed by atoms with Gasteiger partial charge in [-0.1, -0.05) is 40.8 Å². The monoisotopic (exact) mass is 190 g/mol. The van der Waals surface area contributed by atoms with E-state index in [-0.39, 0.29) is 0 Å². The molecule has 0 spiro atoms. The Kier molecular flexibility index (Phi) is 1.40. The van der Waals surface area contributed by atoms with Crippen LogP contribution in [0.5, 0.6) is 0 Å². The molecule has 1 aliphatic rings. The van der Waals surface area contributed by atoms with Gasteiger partial charge in [-0.25, -0.2) is 0 Å². The SMILES string of the molecule is C[Si](C)(C)C1=C(Br)C1. The first-order chi connectivity index (χ1) is 3.52. The van der Waals surface area contributed by atoms with E-state index in [1.807, 2.05) is 0 Å². The molecule has 0 aromatic heterocycles. The first kappa shape index (κ1) is 6.56. The van der Waals surface area contributed by atoms with Gasteiger partial charge >= 0.3 is 0 Å². The Morgan fingerprint density at radius 1 is 1.38 bits per heavy atom. The van der Waals surface area contributed by atoms with Gasteiger partial charge in [0.05, 0.1) is 8.07 Å². The summed E-state index contributed by atoms with van der Waals surface area (Å²) >= 11 is 3.50. The second-order valence-corrected chi connectivity index (χ2v) is 9.37. The minimum atomic E-state index is -0.854. The fourth-order valence-electron chi connectivity index (χ4n) is 0.783. The highest BCUT2D eigenvalue weighted by Gasteiger charge is 2.31. The molecular weight excluding hydrogens is 180 g/mol. The van der Waals surface area contributed by atoms with Gasteiger partial charge in [0.25, 0.3) is 0 Å². The molecular formula is C6H11BrSi. The lowest BCUT2D eigenvalue weighted by molar-refractivity contribution is 1.58. The van der Waals surface area contributed by atoms with Crippen molar-refractivity contribution in [3.8, 4) is 0 Å². The Morgan fingerprint density at radius 2 is 1.75 bits per heavy atom. The van der Waals surface area contributed by atoms with Crippen LogP contribution in [0.25, 0.3) is 0 Å². The van der Waals surface area contributed by atoms with E-state index in [9.17, 15) is 0 Å². The Labute approximate surface area is 60.1 Å². The molecule has 46 valence electrons. The summed E-state index contributed by atoms with van der Waals surface area (Å²) in [6.45, 7) is 7.16. The largest absolute Gasteiger partial charge is 0.0739 e. The van der Waals surface area contributed by atoms with E-state index < -0.39 is 8.07 Å². The van der Waals surface area contributed by atoms with E-state index in [1.54, 1.807) is 5.20 Å². The van der Waals surface area contributed by atoms with Crippen molar-refractivity contribution in [2.45, 2.75) is 26.1 Å². The summed E-state index contributed by atoms with van der Waals surface area (Å²) in [5, 5.41) is 1.72. The van der Waals surface area contributed by atoms with Crippen LogP contribution in [0, 0.1) is 0 Å². The maximum absolute atomic E-state index is 3.50. The average molecular weight is 191 g/mol. The van der Waals surface area contributed by atoms with Crippen molar-refractivity contribution in [1.82, 2.24) is 0 Å². The molecule has 0 heterocycles. The van der Waals surface area contributed by atoms with Crippen LogP contribution >= 0.6 is 15.9 Å². The number of allylic oxidation sites excluding steroid dienone is 2. The van der Waals surface area contributed by atoms with Crippen LogP contribution in [0.15, 0.2) is 9.68 Å². The molecule has 0 saturated heterocycles. The van der Waals surface area contributed by atoms with Gasteiger partial charge in [-0.15, -0.1) is 0 Å². The van der Waals surface area contributed by atoms with E-state index >= 15 is 0 Å². The van der Waals surface area contributed by atoms with E-state index in [1.165, 1.54) is 10.9 Å². The smallest absolute Gasteiger partial charge is 0.0661 e. The van der Waals surface area contributed by atoms with Gasteiger partial charge in [0.1, 0.15) is 0 Å². The molecule has 0 amide bonds. The van der Waals surface area contributed by atoms with Crippen LogP contribution < -0.4 is 0 Å². The van der Waals surface area contributed by atoms with E-state index in [0.29, 0.717) is 0 Å². The lowest BCUT2D eigenvalue weighted by Crippen LogP contribution is -2.17. The summed E-state index contributed by atoms with van der Waals surface area (Å²) in [4.78, 5) is 0. The molecule has 1 aliphatic carbocycles.